The summed E-state index contributed by atoms with van der Waals surface area (Å²) in [5.74, 6) is 0.0671. The molecule has 1 aliphatic heterocycles. The van der Waals surface area contributed by atoms with Gasteiger partial charge in [0.1, 0.15) is 5.76 Å². The molecule has 0 spiro atoms. The molecule has 2 heterocycles. The van der Waals surface area contributed by atoms with Crippen molar-refractivity contribution in [3.63, 3.8) is 0 Å². The van der Waals surface area contributed by atoms with Gasteiger partial charge in [0, 0.05) is 27.5 Å². The minimum Gasteiger partial charge on any atom is -0.465 e. The van der Waals surface area contributed by atoms with Crippen molar-refractivity contribution in [1.82, 2.24) is 0 Å². The first-order valence-electron chi connectivity index (χ1n) is 7.88. The number of hydrogen-bond donors (Lipinski definition) is 2. The second-order valence-corrected chi connectivity index (χ2v) is 6.19. The average molecular weight is 365 g/mol. The van der Waals surface area contributed by atoms with Gasteiger partial charge in [0.2, 0.25) is 0 Å². The fourth-order valence-electron chi connectivity index (χ4n) is 2.72. The summed E-state index contributed by atoms with van der Waals surface area (Å²) in [6, 6.07) is 15.4. The molecule has 2 amide bonds. The van der Waals surface area contributed by atoms with Crippen LogP contribution in [0, 0.1) is 0 Å². The van der Waals surface area contributed by atoms with Crippen molar-refractivity contribution >= 4 is 46.4 Å². The van der Waals surface area contributed by atoms with Gasteiger partial charge in [0.25, 0.3) is 11.8 Å². The van der Waals surface area contributed by atoms with Gasteiger partial charge in [-0.05, 0) is 60.7 Å². The fourth-order valence-corrected chi connectivity index (χ4v) is 2.85. The van der Waals surface area contributed by atoms with E-state index in [2.05, 4.69) is 10.6 Å². The van der Waals surface area contributed by atoms with Crippen LogP contribution in [0.5, 0.6) is 0 Å². The van der Waals surface area contributed by atoms with Gasteiger partial charge in [-0.25, -0.2) is 0 Å². The number of rotatable bonds is 3. The number of fused-ring (bicyclic) bond motifs is 1. The lowest BCUT2D eigenvalue weighted by Crippen LogP contribution is -2.11. The van der Waals surface area contributed by atoms with Crippen molar-refractivity contribution in [1.29, 1.82) is 0 Å². The first-order valence-corrected chi connectivity index (χ1v) is 8.26. The molecule has 0 bridgehead atoms. The number of halogens is 1. The highest BCUT2D eigenvalue weighted by molar-refractivity contribution is 6.35. The van der Waals surface area contributed by atoms with Gasteiger partial charge in [-0.15, -0.1) is 0 Å². The van der Waals surface area contributed by atoms with Gasteiger partial charge in [-0.3, -0.25) is 9.59 Å². The molecule has 5 nitrogen and oxygen atoms in total. The fraction of sp³-hybridized carbons (Fsp3) is 0. The topological polar surface area (TPSA) is 71.3 Å². The molecular formula is C20H13ClN2O3. The molecule has 0 atom stereocenters. The Hall–Kier alpha value is -3.31. The van der Waals surface area contributed by atoms with Crippen molar-refractivity contribution in [2.75, 3.05) is 10.6 Å². The molecule has 0 fully saturated rings. The highest BCUT2D eigenvalue weighted by Gasteiger charge is 2.25. The number of anilines is 2. The van der Waals surface area contributed by atoms with Gasteiger partial charge < -0.3 is 15.1 Å². The summed E-state index contributed by atoms with van der Waals surface area (Å²) in [7, 11) is 0. The summed E-state index contributed by atoms with van der Waals surface area (Å²) in [4.78, 5) is 24.7. The maximum Gasteiger partial charge on any atom is 0.256 e. The quantitative estimate of drug-likeness (QED) is 0.663. The SMILES string of the molecule is O=C1Nc2ccc(C(=O)Nc3ccc(Cl)cc3)cc2/C1=C/c1ccco1. The molecular weight excluding hydrogens is 352 g/mol. The van der Waals surface area contributed by atoms with Crippen LogP contribution in [0.1, 0.15) is 21.7 Å². The van der Waals surface area contributed by atoms with E-state index in [1.807, 2.05) is 0 Å². The Morgan fingerprint density at radius 1 is 1.12 bits per heavy atom. The molecule has 0 radical (unpaired) electrons. The van der Waals surface area contributed by atoms with Gasteiger partial charge in [-0.1, -0.05) is 11.6 Å². The molecule has 0 aliphatic carbocycles. The Kier molecular flexibility index (Phi) is 4.07. The zero-order chi connectivity index (χ0) is 18.1. The van der Waals surface area contributed by atoms with Crippen LogP contribution in [0.25, 0.3) is 11.6 Å². The first-order chi connectivity index (χ1) is 12.6. The van der Waals surface area contributed by atoms with Crippen LogP contribution in [0.3, 0.4) is 0 Å². The molecule has 2 N–H and O–H groups in total. The molecule has 3 aromatic rings. The lowest BCUT2D eigenvalue weighted by molar-refractivity contribution is -0.110. The Balaban J connectivity index is 1.64. The third-order valence-electron chi connectivity index (χ3n) is 4.00. The van der Waals surface area contributed by atoms with Crippen LogP contribution in [-0.4, -0.2) is 11.8 Å². The molecule has 1 aromatic heterocycles. The number of nitrogens with one attached hydrogen (secondary N) is 2. The third-order valence-corrected chi connectivity index (χ3v) is 4.25. The molecule has 0 saturated heterocycles. The molecule has 128 valence electrons. The van der Waals surface area contributed by atoms with E-state index >= 15 is 0 Å². The number of hydrogen-bond acceptors (Lipinski definition) is 3. The van der Waals surface area contributed by atoms with Crippen molar-refractivity contribution in [3.8, 4) is 0 Å². The predicted molar refractivity (Wildman–Crippen MR) is 101 cm³/mol. The molecule has 0 saturated carbocycles. The summed E-state index contributed by atoms with van der Waals surface area (Å²) in [6.45, 7) is 0. The van der Waals surface area contributed by atoms with E-state index in [0.29, 0.717) is 38.9 Å². The standard InChI is InChI=1S/C20H13ClN2O3/c21-13-4-6-14(7-5-13)22-19(24)12-3-8-18-16(10-12)17(20(25)23-18)11-15-2-1-9-26-15/h1-11H,(H,22,24)(H,23,25)/b17-11-. The molecule has 1 aliphatic rings. The number of furan rings is 1. The zero-order valence-corrected chi connectivity index (χ0v) is 14.2. The van der Waals surface area contributed by atoms with Crippen molar-refractivity contribution in [3.05, 3.63) is 82.8 Å². The number of amides is 2. The Bertz CT molecular complexity index is 1020. The monoisotopic (exact) mass is 364 g/mol. The largest absolute Gasteiger partial charge is 0.465 e. The van der Waals surface area contributed by atoms with Gasteiger partial charge >= 0.3 is 0 Å². The third kappa shape index (κ3) is 3.12. The summed E-state index contributed by atoms with van der Waals surface area (Å²) in [5.41, 5.74) is 2.86. The molecule has 26 heavy (non-hydrogen) atoms. The normalized spacial score (nSPS) is 14.2. The average Bonchev–Trinajstić information content (AvgIpc) is 3.25. The zero-order valence-electron chi connectivity index (χ0n) is 13.5. The Labute approximate surface area is 154 Å². The highest BCUT2D eigenvalue weighted by Crippen LogP contribution is 2.34. The number of benzene rings is 2. The molecule has 2 aromatic carbocycles. The van der Waals surface area contributed by atoms with Crippen molar-refractivity contribution in [2.24, 2.45) is 0 Å². The van der Waals surface area contributed by atoms with Gasteiger partial charge in [0.05, 0.1) is 11.8 Å². The maximum absolute atomic E-state index is 12.5. The van der Waals surface area contributed by atoms with Gasteiger partial charge in [0.15, 0.2) is 0 Å². The molecule has 4 rings (SSSR count). The highest BCUT2D eigenvalue weighted by atomic mass is 35.5. The summed E-state index contributed by atoms with van der Waals surface area (Å²) < 4.78 is 5.28. The van der Waals surface area contributed by atoms with E-state index in [9.17, 15) is 9.59 Å². The summed E-state index contributed by atoms with van der Waals surface area (Å²) in [6.07, 6.45) is 3.19. The van der Waals surface area contributed by atoms with E-state index in [4.69, 9.17) is 16.0 Å². The van der Waals surface area contributed by atoms with Gasteiger partial charge in [-0.2, -0.15) is 0 Å². The number of carbonyl (C=O) groups excluding carboxylic acids is 2. The van der Waals surface area contributed by atoms with E-state index in [1.54, 1.807) is 60.7 Å². The number of carbonyl (C=O) groups is 2. The predicted octanol–water partition coefficient (Wildman–Crippen LogP) is 4.68. The molecule has 6 heteroatoms. The first kappa shape index (κ1) is 16.2. The van der Waals surface area contributed by atoms with Crippen LogP contribution in [-0.2, 0) is 4.79 Å². The maximum atomic E-state index is 12.5. The van der Waals surface area contributed by atoms with Crippen LogP contribution in [0.15, 0.2) is 65.3 Å². The Morgan fingerprint density at radius 2 is 1.92 bits per heavy atom. The van der Waals surface area contributed by atoms with E-state index < -0.39 is 0 Å². The van der Waals surface area contributed by atoms with E-state index in [0.717, 1.165) is 0 Å². The van der Waals surface area contributed by atoms with E-state index in [-0.39, 0.29) is 11.8 Å². The lowest BCUT2D eigenvalue weighted by Gasteiger charge is -2.07. The van der Waals surface area contributed by atoms with E-state index in [1.165, 1.54) is 6.26 Å². The van der Waals surface area contributed by atoms with Crippen LogP contribution in [0.2, 0.25) is 5.02 Å². The van der Waals surface area contributed by atoms with Crippen LogP contribution in [0.4, 0.5) is 11.4 Å². The summed E-state index contributed by atoms with van der Waals surface area (Å²) in [5, 5.41) is 6.19. The van der Waals surface area contributed by atoms with Crippen LogP contribution >= 0.6 is 11.6 Å². The molecule has 0 unspecified atom stereocenters. The lowest BCUT2D eigenvalue weighted by atomic mass is 10.0. The van der Waals surface area contributed by atoms with Crippen molar-refractivity contribution in [2.45, 2.75) is 0 Å². The smallest absolute Gasteiger partial charge is 0.256 e. The second-order valence-electron chi connectivity index (χ2n) is 5.75. The van der Waals surface area contributed by atoms with Crippen molar-refractivity contribution < 1.29 is 14.0 Å². The second kappa shape index (κ2) is 6.54. The van der Waals surface area contributed by atoms with Crippen LogP contribution < -0.4 is 10.6 Å². The summed E-state index contributed by atoms with van der Waals surface area (Å²) >= 11 is 5.85. The minimum absolute atomic E-state index is 0.230. The Morgan fingerprint density at radius 3 is 2.65 bits per heavy atom. The minimum atomic E-state index is -0.271.